The Morgan fingerprint density at radius 3 is 2.41 bits per heavy atom. The number of nitrogens with zero attached hydrogens (tertiary/aromatic N) is 1. The summed E-state index contributed by atoms with van der Waals surface area (Å²) in [5.74, 6) is 0.535. The maximum atomic E-state index is 10.6. The number of aromatic nitrogens is 1. The Kier molecular flexibility index (Phi) is 3.39. The fraction of sp³-hybridized carbons (Fsp3) is 0.0833. The van der Waals surface area contributed by atoms with Crippen molar-refractivity contribution in [2.24, 2.45) is 0 Å². The highest BCUT2D eigenvalue weighted by molar-refractivity contribution is 7.71. The molecule has 0 aliphatic heterocycles. The van der Waals surface area contributed by atoms with E-state index in [9.17, 15) is 8.42 Å². The molecule has 1 aromatic carbocycles. The number of rotatable bonds is 3. The molecule has 0 bridgehead atoms. The van der Waals surface area contributed by atoms with Gasteiger partial charge in [0, 0.05) is 11.8 Å². The zero-order valence-electron chi connectivity index (χ0n) is 9.04. The van der Waals surface area contributed by atoms with E-state index in [1.54, 1.807) is 18.3 Å². The van der Waals surface area contributed by atoms with Gasteiger partial charge in [-0.15, -0.1) is 0 Å². The van der Waals surface area contributed by atoms with E-state index < -0.39 is 10.7 Å². The van der Waals surface area contributed by atoms with Gasteiger partial charge in [0.25, 0.3) is 0 Å². The van der Waals surface area contributed by atoms with Gasteiger partial charge in [-0.3, -0.25) is 0 Å². The van der Waals surface area contributed by atoms with Gasteiger partial charge >= 0.3 is 0 Å². The van der Waals surface area contributed by atoms with Gasteiger partial charge in [0.1, 0.15) is 16.5 Å². The van der Waals surface area contributed by atoms with Crippen LogP contribution in [0.4, 0.5) is 5.82 Å². The van der Waals surface area contributed by atoms with Gasteiger partial charge < -0.3 is 5.73 Å². The molecule has 1 heterocycles. The van der Waals surface area contributed by atoms with Crippen LogP contribution in [0.3, 0.4) is 0 Å². The van der Waals surface area contributed by atoms with Crippen molar-refractivity contribution in [3.05, 3.63) is 48.2 Å². The average molecular weight is 248 g/mol. The molecule has 4 nitrogen and oxygen atoms in total. The Labute approximate surface area is 101 Å². The molecule has 2 N–H and O–H groups in total. The third-order valence-electron chi connectivity index (χ3n) is 2.42. The molecule has 2 rings (SSSR count). The minimum atomic E-state index is -2.38. The Bertz CT molecular complexity index is 584. The maximum absolute atomic E-state index is 10.6. The molecule has 0 atom stereocenters. The topological polar surface area (TPSA) is 73.0 Å². The Morgan fingerprint density at radius 1 is 1.12 bits per heavy atom. The summed E-state index contributed by atoms with van der Waals surface area (Å²) in [7, 11) is -2.38. The molecular weight excluding hydrogens is 236 g/mol. The third-order valence-corrected chi connectivity index (χ3v) is 3.04. The first-order chi connectivity index (χ1) is 8.16. The van der Waals surface area contributed by atoms with Crippen molar-refractivity contribution in [3.8, 4) is 11.1 Å². The molecular formula is C12H12N2O2S. The minimum Gasteiger partial charge on any atom is -0.383 e. The molecule has 0 saturated heterocycles. The molecule has 0 fully saturated rings. The fourth-order valence-electron chi connectivity index (χ4n) is 1.60. The number of anilines is 1. The van der Waals surface area contributed by atoms with Crippen molar-refractivity contribution >= 4 is 16.5 Å². The van der Waals surface area contributed by atoms with Crippen molar-refractivity contribution in [2.75, 3.05) is 5.73 Å². The molecule has 0 aliphatic rings. The van der Waals surface area contributed by atoms with E-state index in [2.05, 4.69) is 4.98 Å². The predicted molar refractivity (Wildman–Crippen MR) is 68.1 cm³/mol. The van der Waals surface area contributed by atoms with Crippen molar-refractivity contribution in [1.29, 1.82) is 0 Å². The summed E-state index contributed by atoms with van der Waals surface area (Å²) in [5, 5.41) is 0. The highest BCUT2D eigenvalue weighted by atomic mass is 32.2. The minimum absolute atomic E-state index is 0.0676. The lowest BCUT2D eigenvalue weighted by atomic mass is 10.1. The third kappa shape index (κ3) is 2.82. The van der Waals surface area contributed by atoms with E-state index in [-0.39, 0.29) is 5.75 Å². The number of pyridine rings is 1. The molecule has 88 valence electrons. The molecule has 1 aromatic heterocycles. The van der Waals surface area contributed by atoms with Gasteiger partial charge in [0.2, 0.25) is 0 Å². The zero-order valence-corrected chi connectivity index (χ0v) is 9.93. The lowest BCUT2D eigenvalue weighted by molar-refractivity contribution is 0.614. The van der Waals surface area contributed by atoms with E-state index in [0.29, 0.717) is 5.82 Å². The summed E-state index contributed by atoms with van der Waals surface area (Å²) in [6, 6.07) is 11.0. The number of nitrogens with two attached hydrogens (primary N) is 1. The molecule has 0 spiro atoms. The first-order valence-corrected chi connectivity index (χ1v) is 6.44. The van der Waals surface area contributed by atoms with Crippen LogP contribution in [-0.4, -0.2) is 13.4 Å². The highest BCUT2D eigenvalue weighted by Crippen LogP contribution is 2.23. The number of hydrogen-bond donors (Lipinski definition) is 2. The van der Waals surface area contributed by atoms with Gasteiger partial charge in [-0.05, 0) is 23.3 Å². The highest BCUT2D eigenvalue weighted by Gasteiger charge is 2.02. The standard InChI is InChI=1S/C12H12N2O2S/c13-12-11(2-1-7-14-12)10-5-3-9(4-6-10)8-17(15)16/h1-7,17H,8H2,(H2,13,14). The van der Waals surface area contributed by atoms with Crippen LogP contribution in [0.1, 0.15) is 5.56 Å². The Hall–Kier alpha value is -1.88. The average Bonchev–Trinajstić information content (AvgIpc) is 2.30. The first kappa shape index (κ1) is 11.6. The summed E-state index contributed by atoms with van der Waals surface area (Å²) in [5.41, 5.74) is 8.32. The van der Waals surface area contributed by atoms with Gasteiger partial charge in [0.15, 0.2) is 0 Å². The van der Waals surface area contributed by atoms with Crippen LogP contribution >= 0.6 is 0 Å². The molecule has 5 heteroatoms. The zero-order chi connectivity index (χ0) is 12.3. The van der Waals surface area contributed by atoms with Crippen molar-refractivity contribution in [1.82, 2.24) is 4.98 Å². The summed E-state index contributed by atoms with van der Waals surface area (Å²) in [6.07, 6.45) is 1.63. The van der Waals surface area contributed by atoms with Gasteiger partial charge in [-0.25, -0.2) is 13.4 Å². The second-order valence-electron chi connectivity index (χ2n) is 3.62. The molecule has 0 unspecified atom stereocenters. The maximum Gasteiger partial charge on any atom is 0.144 e. The van der Waals surface area contributed by atoms with Crippen molar-refractivity contribution in [2.45, 2.75) is 5.75 Å². The Balaban J connectivity index is 2.33. The lowest BCUT2D eigenvalue weighted by Crippen LogP contribution is -1.93. The number of benzene rings is 1. The predicted octanol–water partition coefficient (Wildman–Crippen LogP) is 1.44. The lowest BCUT2D eigenvalue weighted by Gasteiger charge is -2.04. The molecule has 0 saturated carbocycles. The summed E-state index contributed by atoms with van der Waals surface area (Å²) in [6.45, 7) is 0. The van der Waals surface area contributed by atoms with Crippen LogP contribution in [0.2, 0.25) is 0 Å². The van der Waals surface area contributed by atoms with E-state index in [1.807, 2.05) is 24.3 Å². The summed E-state index contributed by atoms with van der Waals surface area (Å²) < 4.78 is 21.2. The van der Waals surface area contributed by atoms with Gasteiger partial charge in [0.05, 0.1) is 5.75 Å². The molecule has 0 amide bonds. The van der Waals surface area contributed by atoms with Crippen molar-refractivity contribution < 1.29 is 8.42 Å². The fourth-order valence-corrected chi connectivity index (χ4v) is 2.11. The number of thiol groups is 1. The normalized spacial score (nSPS) is 10.6. The smallest absolute Gasteiger partial charge is 0.144 e. The second-order valence-corrected chi connectivity index (χ2v) is 4.61. The van der Waals surface area contributed by atoms with Crippen LogP contribution < -0.4 is 5.73 Å². The van der Waals surface area contributed by atoms with Crippen LogP contribution in [0.15, 0.2) is 42.6 Å². The van der Waals surface area contributed by atoms with E-state index in [0.717, 1.165) is 16.7 Å². The van der Waals surface area contributed by atoms with Crippen molar-refractivity contribution in [3.63, 3.8) is 0 Å². The van der Waals surface area contributed by atoms with Crippen LogP contribution in [-0.2, 0) is 16.5 Å². The summed E-state index contributed by atoms with van der Waals surface area (Å²) >= 11 is 0. The van der Waals surface area contributed by atoms with E-state index >= 15 is 0 Å². The van der Waals surface area contributed by atoms with Gasteiger partial charge in [-0.1, -0.05) is 24.3 Å². The van der Waals surface area contributed by atoms with E-state index in [1.165, 1.54) is 0 Å². The van der Waals surface area contributed by atoms with E-state index in [4.69, 9.17) is 5.73 Å². The molecule has 2 aromatic rings. The van der Waals surface area contributed by atoms with Crippen LogP contribution in [0.25, 0.3) is 11.1 Å². The molecule has 17 heavy (non-hydrogen) atoms. The monoisotopic (exact) mass is 248 g/mol. The van der Waals surface area contributed by atoms with Crippen LogP contribution in [0, 0.1) is 0 Å². The largest absolute Gasteiger partial charge is 0.383 e. The molecule has 0 radical (unpaired) electrons. The van der Waals surface area contributed by atoms with Gasteiger partial charge in [-0.2, -0.15) is 0 Å². The quantitative estimate of drug-likeness (QED) is 0.806. The molecule has 0 aliphatic carbocycles. The summed E-state index contributed by atoms with van der Waals surface area (Å²) in [4.78, 5) is 4.01. The number of nitrogen functional groups attached to an aromatic ring is 1. The number of hydrogen-bond acceptors (Lipinski definition) is 4. The first-order valence-electron chi connectivity index (χ1n) is 5.08. The second kappa shape index (κ2) is 4.97. The van der Waals surface area contributed by atoms with Crippen LogP contribution in [0.5, 0.6) is 0 Å². The Morgan fingerprint density at radius 2 is 1.82 bits per heavy atom. The SMILES string of the molecule is Nc1ncccc1-c1ccc(C[SH](=O)=O)cc1.